The van der Waals surface area contributed by atoms with Crippen LogP contribution in [0.5, 0.6) is 0 Å². The molecule has 96 valence electrons. The Morgan fingerprint density at radius 3 is 2.35 bits per heavy atom. The first-order chi connectivity index (χ1) is 7.84. The SMILES string of the molecule is COP(=O)(Cn1c(=O)[nH]c(C)c(Br)c1=O)OC. The summed E-state index contributed by atoms with van der Waals surface area (Å²) >= 11 is 3.04. The lowest BCUT2D eigenvalue weighted by atomic mass is 10.4. The molecular formula is C8H12BrN2O5P. The van der Waals surface area contributed by atoms with Crippen molar-refractivity contribution in [3.05, 3.63) is 31.0 Å². The Labute approximate surface area is 105 Å². The van der Waals surface area contributed by atoms with Crippen LogP contribution in [-0.2, 0) is 19.9 Å². The molecule has 0 amide bonds. The number of nitrogens with one attached hydrogen (secondary N) is 1. The molecule has 0 unspecified atom stereocenters. The minimum absolute atomic E-state index is 0.204. The van der Waals surface area contributed by atoms with Crippen molar-refractivity contribution in [3.63, 3.8) is 0 Å². The molecule has 0 bridgehead atoms. The molecule has 0 fully saturated rings. The molecule has 1 aromatic rings. The van der Waals surface area contributed by atoms with Crippen LogP contribution in [0.1, 0.15) is 5.69 Å². The van der Waals surface area contributed by atoms with Crippen molar-refractivity contribution < 1.29 is 13.6 Å². The number of halogens is 1. The zero-order valence-corrected chi connectivity index (χ0v) is 12.0. The quantitative estimate of drug-likeness (QED) is 0.835. The lowest BCUT2D eigenvalue weighted by Crippen LogP contribution is -2.36. The van der Waals surface area contributed by atoms with Crippen molar-refractivity contribution in [2.75, 3.05) is 14.2 Å². The van der Waals surface area contributed by atoms with Crippen molar-refractivity contribution in [1.82, 2.24) is 9.55 Å². The number of aromatic amines is 1. The maximum Gasteiger partial charge on any atom is 0.349 e. The second-order valence-corrected chi connectivity index (χ2v) is 6.25. The molecule has 1 heterocycles. The van der Waals surface area contributed by atoms with E-state index in [0.717, 1.165) is 4.57 Å². The Kier molecular flexibility index (Phi) is 4.48. The number of rotatable bonds is 4. The molecule has 0 atom stereocenters. The number of aryl methyl sites for hydroxylation is 1. The van der Waals surface area contributed by atoms with Gasteiger partial charge in [-0.25, -0.2) is 9.36 Å². The largest absolute Gasteiger partial charge is 0.349 e. The average molecular weight is 327 g/mol. The van der Waals surface area contributed by atoms with E-state index in [-0.39, 0.29) is 4.47 Å². The van der Waals surface area contributed by atoms with Gasteiger partial charge in [-0.1, -0.05) is 0 Å². The van der Waals surface area contributed by atoms with Crippen molar-refractivity contribution >= 4 is 23.5 Å². The minimum atomic E-state index is -3.47. The van der Waals surface area contributed by atoms with Crippen LogP contribution in [0.2, 0.25) is 0 Å². The predicted octanol–water partition coefficient (Wildman–Crippen LogP) is 1.05. The normalized spacial score (nSPS) is 11.8. The number of aromatic nitrogens is 2. The highest BCUT2D eigenvalue weighted by Crippen LogP contribution is 2.47. The van der Waals surface area contributed by atoms with Gasteiger partial charge in [0.1, 0.15) is 10.8 Å². The molecule has 0 aliphatic carbocycles. The summed E-state index contributed by atoms with van der Waals surface area (Å²) in [5.41, 5.74) is -0.841. The first-order valence-corrected chi connectivity index (χ1v) is 7.06. The molecule has 0 spiro atoms. The summed E-state index contributed by atoms with van der Waals surface area (Å²) in [4.78, 5) is 25.8. The van der Waals surface area contributed by atoms with Crippen molar-refractivity contribution in [2.45, 2.75) is 13.2 Å². The van der Waals surface area contributed by atoms with E-state index in [1.54, 1.807) is 6.92 Å². The van der Waals surface area contributed by atoms with Crippen LogP contribution in [0.3, 0.4) is 0 Å². The molecule has 7 nitrogen and oxygen atoms in total. The van der Waals surface area contributed by atoms with Crippen LogP contribution in [0.15, 0.2) is 14.1 Å². The van der Waals surface area contributed by atoms with Gasteiger partial charge in [0.2, 0.25) is 0 Å². The van der Waals surface area contributed by atoms with E-state index in [4.69, 9.17) is 0 Å². The monoisotopic (exact) mass is 326 g/mol. The van der Waals surface area contributed by atoms with Gasteiger partial charge in [0, 0.05) is 19.9 Å². The molecule has 1 rings (SSSR count). The summed E-state index contributed by atoms with van der Waals surface area (Å²) in [6, 6.07) is 0. The highest BCUT2D eigenvalue weighted by atomic mass is 79.9. The summed E-state index contributed by atoms with van der Waals surface area (Å²) < 4.78 is 22.2. The maximum atomic E-state index is 11.8. The highest BCUT2D eigenvalue weighted by Gasteiger charge is 2.24. The summed E-state index contributed by atoms with van der Waals surface area (Å²) in [6.45, 7) is 1.57. The van der Waals surface area contributed by atoms with Gasteiger partial charge in [0.05, 0.1) is 0 Å². The number of nitrogens with zero attached hydrogens (tertiary/aromatic N) is 1. The fourth-order valence-electron chi connectivity index (χ4n) is 1.15. The second kappa shape index (κ2) is 5.30. The van der Waals surface area contributed by atoms with Gasteiger partial charge in [-0.05, 0) is 22.9 Å². The van der Waals surface area contributed by atoms with Crippen molar-refractivity contribution in [1.29, 1.82) is 0 Å². The average Bonchev–Trinajstić information content (AvgIpc) is 2.32. The highest BCUT2D eigenvalue weighted by molar-refractivity contribution is 9.10. The van der Waals surface area contributed by atoms with Gasteiger partial charge < -0.3 is 14.0 Å². The molecule has 17 heavy (non-hydrogen) atoms. The van der Waals surface area contributed by atoms with E-state index in [0.29, 0.717) is 5.69 Å². The van der Waals surface area contributed by atoms with E-state index >= 15 is 0 Å². The molecule has 0 aliphatic rings. The Bertz CT molecular complexity index is 570. The molecule has 9 heteroatoms. The molecule has 1 N–H and O–H groups in total. The van der Waals surface area contributed by atoms with Gasteiger partial charge in [0.15, 0.2) is 0 Å². The van der Waals surface area contributed by atoms with E-state index in [9.17, 15) is 14.2 Å². The van der Waals surface area contributed by atoms with E-state index < -0.39 is 25.1 Å². The van der Waals surface area contributed by atoms with E-state index in [2.05, 4.69) is 30.0 Å². The minimum Gasteiger partial charge on any atom is -0.311 e. The maximum absolute atomic E-state index is 11.8. The lowest BCUT2D eigenvalue weighted by Gasteiger charge is -2.14. The lowest BCUT2D eigenvalue weighted by molar-refractivity contribution is 0.267. The van der Waals surface area contributed by atoms with Crippen LogP contribution >= 0.6 is 23.5 Å². The molecule has 0 aromatic carbocycles. The second-order valence-electron chi connectivity index (χ2n) is 3.22. The Morgan fingerprint density at radius 2 is 1.88 bits per heavy atom. The molecule has 0 radical (unpaired) electrons. The Morgan fingerprint density at radius 1 is 1.35 bits per heavy atom. The van der Waals surface area contributed by atoms with Crippen LogP contribution in [-0.4, -0.2) is 23.8 Å². The summed E-state index contributed by atoms with van der Waals surface area (Å²) in [5.74, 6) is 0. The van der Waals surface area contributed by atoms with Gasteiger partial charge >= 0.3 is 13.3 Å². The molecular weight excluding hydrogens is 315 g/mol. The van der Waals surface area contributed by atoms with Gasteiger partial charge in [0.25, 0.3) is 5.56 Å². The smallest absolute Gasteiger partial charge is 0.311 e. The van der Waals surface area contributed by atoms with Crippen LogP contribution in [0.25, 0.3) is 0 Å². The number of hydrogen-bond donors (Lipinski definition) is 1. The fourth-order valence-corrected chi connectivity index (χ4v) is 2.44. The van der Waals surface area contributed by atoms with E-state index in [1.165, 1.54) is 14.2 Å². The number of H-pyrrole nitrogens is 1. The zero-order chi connectivity index (χ0) is 13.2. The van der Waals surface area contributed by atoms with Crippen LogP contribution < -0.4 is 11.2 Å². The summed E-state index contributed by atoms with van der Waals surface area (Å²) in [7, 11) is -1.10. The first kappa shape index (κ1) is 14.4. The standard InChI is InChI=1S/C8H12BrN2O5P/c1-5-6(9)7(12)11(8(13)10-5)4-17(14,15-2)16-3/h4H2,1-3H3,(H,10,13). The Balaban J connectivity index is 3.35. The third kappa shape index (κ3) is 2.95. The molecule has 0 aliphatic heterocycles. The zero-order valence-electron chi connectivity index (χ0n) is 9.52. The fraction of sp³-hybridized carbons (Fsp3) is 0.500. The molecule has 1 aromatic heterocycles. The number of hydrogen-bond acceptors (Lipinski definition) is 5. The molecule has 0 saturated heterocycles. The third-order valence-electron chi connectivity index (χ3n) is 2.17. The predicted molar refractivity (Wildman–Crippen MR) is 65.4 cm³/mol. The van der Waals surface area contributed by atoms with Crippen molar-refractivity contribution in [2.24, 2.45) is 0 Å². The topological polar surface area (TPSA) is 90.4 Å². The van der Waals surface area contributed by atoms with Crippen molar-refractivity contribution in [3.8, 4) is 0 Å². The van der Waals surface area contributed by atoms with E-state index in [1.807, 2.05) is 0 Å². The van der Waals surface area contributed by atoms with Crippen LogP contribution in [0.4, 0.5) is 0 Å². The third-order valence-corrected chi connectivity index (χ3v) is 4.85. The summed E-state index contributed by atoms with van der Waals surface area (Å²) in [5, 5.41) is 0. The van der Waals surface area contributed by atoms with Crippen LogP contribution in [0, 0.1) is 6.92 Å². The van der Waals surface area contributed by atoms with Gasteiger partial charge in [-0.3, -0.25) is 9.36 Å². The first-order valence-electron chi connectivity index (χ1n) is 4.54. The Hall–Kier alpha value is -0.690. The summed E-state index contributed by atoms with van der Waals surface area (Å²) in [6.07, 6.45) is -0.437. The van der Waals surface area contributed by atoms with Gasteiger partial charge in [-0.2, -0.15) is 0 Å². The van der Waals surface area contributed by atoms with Gasteiger partial charge in [-0.15, -0.1) is 0 Å². The molecule has 0 saturated carbocycles.